The minimum Gasteiger partial charge on any atom is -0.446 e. The lowest BCUT2D eigenvalue weighted by atomic mass is 9.97. The van der Waals surface area contributed by atoms with Crippen LogP contribution >= 0.6 is 0 Å². The van der Waals surface area contributed by atoms with E-state index in [1.165, 1.54) is 0 Å². The van der Waals surface area contributed by atoms with Crippen LogP contribution in [0.15, 0.2) is 42.6 Å². The van der Waals surface area contributed by atoms with E-state index >= 15 is 0 Å². The molecule has 2 unspecified atom stereocenters. The van der Waals surface area contributed by atoms with Crippen molar-refractivity contribution in [1.82, 2.24) is 15.2 Å². The Labute approximate surface area is 188 Å². The number of rotatable bonds is 7. The van der Waals surface area contributed by atoms with Crippen molar-refractivity contribution in [2.45, 2.75) is 70.2 Å². The first-order valence-corrected chi connectivity index (χ1v) is 11.3. The molecule has 7 heteroatoms. The number of hydrogen-bond donors (Lipinski definition) is 2. The summed E-state index contributed by atoms with van der Waals surface area (Å²) in [6, 6.07) is 11.8. The predicted molar refractivity (Wildman–Crippen MR) is 121 cm³/mol. The van der Waals surface area contributed by atoms with Gasteiger partial charge in [-0.3, -0.25) is 9.78 Å². The summed E-state index contributed by atoms with van der Waals surface area (Å²) < 4.78 is 5.55. The van der Waals surface area contributed by atoms with Crippen molar-refractivity contribution >= 4 is 12.0 Å². The fourth-order valence-corrected chi connectivity index (χ4v) is 4.00. The number of carbonyl (C=O) groups is 2. The molecule has 1 aliphatic heterocycles. The Balaban J connectivity index is 1.38. The van der Waals surface area contributed by atoms with Gasteiger partial charge in [0.2, 0.25) is 0 Å². The Kier molecular flexibility index (Phi) is 6.20. The van der Waals surface area contributed by atoms with Gasteiger partial charge in [0.05, 0.1) is 22.9 Å². The number of hydrogen-bond acceptors (Lipinski definition) is 5. The molecule has 0 spiro atoms. The molecule has 0 radical (unpaired) electrons. The number of nitrogens with zero attached hydrogens (tertiary/aromatic N) is 2. The van der Waals surface area contributed by atoms with Crippen LogP contribution in [0.1, 0.15) is 68.4 Å². The van der Waals surface area contributed by atoms with Crippen LogP contribution in [0.5, 0.6) is 0 Å². The maximum atomic E-state index is 12.5. The average molecular weight is 438 g/mol. The van der Waals surface area contributed by atoms with Crippen LogP contribution in [0.25, 0.3) is 11.3 Å². The van der Waals surface area contributed by atoms with E-state index in [2.05, 4.69) is 10.3 Å². The van der Waals surface area contributed by atoms with Gasteiger partial charge in [0.25, 0.3) is 5.91 Å². The second-order valence-corrected chi connectivity index (χ2v) is 9.48. The van der Waals surface area contributed by atoms with Gasteiger partial charge < -0.3 is 20.1 Å². The number of amides is 2. The zero-order valence-corrected chi connectivity index (χ0v) is 18.9. The van der Waals surface area contributed by atoms with Crippen molar-refractivity contribution in [3.63, 3.8) is 0 Å². The molecule has 1 aliphatic carbocycles. The first kappa shape index (κ1) is 22.3. The predicted octanol–water partition coefficient (Wildman–Crippen LogP) is 4.07. The molecule has 0 bridgehead atoms. The second kappa shape index (κ2) is 8.90. The average Bonchev–Trinajstić information content (AvgIpc) is 3.56. The summed E-state index contributed by atoms with van der Waals surface area (Å²) in [4.78, 5) is 30.8. The van der Waals surface area contributed by atoms with Crippen LogP contribution < -0.4 is 5.32 Å². The highest BCUT2D eigenvalue weighted by Gasteiger charge is 2.33. The van der Waals surface area contributed by atoms with Crippen molar-refractivity contribution in [1.29, 1.82) is 0 Å². The van der Waals surface area contributed by atoms with Gasteiger partial charge >= 0.3 is 6.09 Å². The molecule has 2 aliphatic rings. The van der Waals surface area contributed by atoms with Gasteiger partial charge in [-0.25, -0.2) is 4.79 Å². The van der Waals surface area contributed by atoms with Gasteiger partial charge in [-0.2, -0.15) is 0 Å². The minimum atomic E-state index is -0.859. The summed E-state index contributed by atoms with van der Waals surface area (Å²) in [6.45, 7) is 6.03. The SMILES string of the molecule is CC(c1ccc(-c2ccc(C(=O)NC3CC3)cn2)cc1)N1CCC(CC(C)(C)O)OC1=O. The Morgan fingerprint density at radius 1 is 1.22 bits per heavy atom. The first-order valence-electron chi connectivity index (χ1n) is 11.3. The summed E-state index contributed by atoms with van der Waals surface area (Å²) in [7, 11) is 0. The maximum Gasteiger partial charge on any atom is 0.410 e. The first-order chi connectivity index (χ1) is 15.2. The van der Waals surface area contributed by atoms with Crippen LogP contribution in [-0.4, -0.2) is 51.3 Å². The van der Waals surface area contributed by atoms with E-state index in [0.29, 0.717) is 31.0 Å². The van der Waals surface area contributed by atoms with E-state index < -0.39 is 5.60 Å². The van der Waals surface area contributed by atoms with Crippen LogP contribution in [-0.2, 0) is 4.74 Å². The van der Waals surface area contributed by atoms with E-state index in [-0.39, 0.29) is 24.1 Å². The topological polar surface area (TPSA) is 91.8 Å². The van der Waals surface area contributed by atoms with Gasteiger partial charge in [-0.1, -0.05) is 24.3 Å². The number of benzene rings is 1. The number of aromatic nitrogens is 1. The van der Waals surface area contributed by atoms with E-state index in [0.717, 1.165) is 29.7 Å². The molecule has 2 heterocycles. The molecule has 1 aromatic heterocycles. The molecular formula is C25H31N3O4. The monoisotopic (exact) mass is 437 g/mol. The van der Waals surface area contributed by atoms with Crippen LogP contribution in [0.4, 0.5) is 4.79 Å². The Hall–Kier alpha value is -2.93. The van der Waals surface area contributed by atoms with Crippen LogP contribution in [0.2, 0.25) is 0 Å². The van der Waals surface area contributed by atoms with Crippen molar-refractivity contribution in [3.8, 4) is 11.3 Å². The van der Waals surface area contributed by atoms with E-state index in [1.54, 1.807) is 31.0 Å². The lowest BCUT2D eigenvalue weighted by molar-refractivity contribution is -0.0309. The minimum absolute atomic E-state index is 0.0751. The number of carbonyl (C=O) groups excluding carboxylic acids is 2. The lowest BCUT2D eigenvalue weighted by Gasteiger charge is -2.37. The number of cyclic esters (lactones) is 1. The highest BCUT2D eigenvalue weighted by atomic mass is 16.6. The third-order valence-corrected chi connectivity index (χ3v) is 6.02. The van der Waals surface area contributed by atoms with Crippen molar-refractivity contribution < 1.29 is 19.4 Å². The van der Waals surface area contributed by atoms with Crippen molar-refractivity contribution in [3.05, 3.63) is 53.7 Å². The van der Waals surface area contributed by atoms with Crippen LogP contribution in [0, 0.1) is 0 Å². The fraction of sp³-hybridized carbons (Fsp3) is 0.480. The zero-order chi connectivity index (χ0) is 22.9. The molecule has 1 saturated carbocycles. The Morgan fingerprint density at radius 2 is 1.94 bits per heavy atom. The van der Waals surface area contributed by atoms with E-state index in [9.17, 15) is 14.7 Å². The summed E-state index contributed by atoms with van der Waals surface area (Å²) in [6.07, 6.45) is 4.25. The molecule has 2 atom stereocenters. The number of nitrogens with one attached hydrogen (secondary N) is 1. The van der Waals surface area contributed by atoms with Gasteiger partial charge in [-0.15, -0.1) is 0 Å². The summed E-state index contributed by atoms with van der Waals surface area (Å²) in [5.41, 5.74) is 2.45. The third kappa shape index (κ3) is 5.46. The standard InChI is InChI=1S/C25H31N3O4/c1-16(28-13-12-21(32-24(28)30)14-25(2,3)31)17-4-6-18(7-5-17)22-11-8-19(15-26-22)23(29)27-20-9-10-20/h4-8,11,15-16,20-21,31H,9-10,12-14H2,1-3H3,(H,27,29). The quantitative estimate of drug-likeness (QED) is 0.681. The smallest absolute Gasteiger partial charge is 0.410 e. The summed E-state index contributed by atoms with van der Waals surface area (Å²) in [5, 5.41) is 12.9. The highest BCUT2D eigenvalue weighted by molar-refractivity contribution is 5.94. The van der Waals surface area contributed by atoms with Gasteiger partial charge in [-0.05, 0) is 51.3 Å². The highest BCUT2D eigenvalue weighted by Crippen LogP contribution is 2.29. The summed E-state index contributed by atoms with van der Waals surface area (Å²) in [5.74, 6) is -0.0751. The molecule has 4 rings (SSSR count). The lowest BCUT2D eigenvalue weighted by Crippen LogP contribution is -2.45. The molecule has 2 fully saturated rings. The molecule has 2 amide bonds. The number of ether oxygens (including phenoxy) is 1. The third-order valence-electron chi connectivity index (χ3n) is 6.02. The van der Waals surface area contributed by atoms with E-state index in [4.69, 9.17) is 4.74 Å². The molecule has 170 valence electrons. The molecule has 1 aromatic carbocycles. The second-order valence-electron chi connectivity index (χ2n) is 9.48. The fourth-order valence-electron chi connectivity index (χ4n) is 4.00. The number of aliphatic hydroxyl groups is 1. The van der Waals surface area contributed by atoms with Gasteiger partial charge in [0.15, 0.2) is 0 Å². The molecule has 32 heavy (non-hydrogen) atoms. The van der Waals surface area contributed by atoms with Crippen LogP contribution in [0.3, 0.4) is 0 Å². The molecule has 7 nitrogen and oxygen atoms in total. The Morgan fingerprint density at radius 3 is 2.50 bits per heavy atom. The zero-order valence-electron chi connectivity index (χ0n) is 18.9. The molecular weight excluding hydrogens is 406 g/mol. The van der Waals surface area contributed by atoms with Gasteiger partial charge in [0, 0.05) is 37.2 Å². The van der Waals surface area contributed by atoms with Crippen molar-refractivity contribution in [2.24, 2.45) is 0 Å². The largest absolute Gasteiger partial charge is 0.446 e. The maximum absolute atomic E-state index is 12.5. The normalized spacial score (nSPS) is 19.9. The van der Waals surface area contributed by atoms with Crippen molar-refractivity contribution in [2.75, 3.05) is 6.54 Å². The molecule has 2 N–H and O–H groups in total. The Bertz CT molecular complexity index is 962. The van der Waals surface area contributed by atoms with Gasteiger partial charge in [0.1, 0.15) is 6.10 Å². The molecule has 2 aromatic rings. The van der Waals surface area contributed by atoms with E-state index in [1.807, 2.05) is 37.3 Å². The summed E-state index contributed by atoms with van der Waals surface area (Å²) >= 11 is 0. The number of pyridine rings is 1. The molecule has 1 saturated heterocycles.